The monoisotopic (exact) mass is 366 g/mol. The fraction of sp³-hybridized carbons (Fsp3) is 0.455. The van der Waals surface area contributed by atoms with Crippen LogP contribution in [0.5, 0.6) is 0 Å². The SMILES string of the molecule is CCN(CC1CCN(c2ccccn2)CC1)C(=O)C(N)c1ccc(C)cc1. The number of anilines is 1. The summed E-state index contributed by atoms with van der Waals surface area (Å²) < 4.78 is 0. The van der Waals surface area contributed by atoms with E-state index in [1.54, 1.807) is 0 Å². The maximum absolute atomic E-state index is 12.9. The first-order valence-electron chi connectivity index (χ1n) is 9.85. The number of carbonyl (C=O) groups excluding carboxylic acids is 1. The van der Waals surface area contributed by atoms with E-state index in [-0.39, 0.29) is 5.91 Å². The molecule has 0 aliphatic carbocycles. The largest absolute Gasteiger partial charge is 0.357 e. The highest BCUT2D eigenvalue weighted by molar-refractivity contribution is 5.83. The fourth-order valence-electron chi connectivity index (χ4n) is 3.69. The van der Waals surface area contributed by atoms with E-state index in [4.69, 9.17) is 5.73 Å². The summed E-state index contributed by atoms with van der Waals surface area (Å²) in [7, 11) is 0. The highest BCUT2D eigenvalue weighted by atomic mass is 16.2. The van der Waals surface area contributed by atoms with Gasteiger partial charge in [-0.25, -0.2) is 4.98 Å². The lowest BCUT2D eigenvalue weighted by Crippen LogP contribution is -2.44. The highest BCUT2D eigenvalue weighted by Crippen LogP contribution is 2.23. The van der Waals surface area contributed by atoms with Crippen LogP contribution in [0.15, 0.2) is 48.7 Å². The lowest BCUT2D eigenvalue weighted by atomic mass is 9.95. The number of hydrogen-bond donors (Lipinski definition) is 1. The number of aromatic nitrogens is 1. The number of hydrogen-bond acceptors (Lipinski definition) is 4. The number of carbonyl (C=O) groups is 1. The van der Waals surface area contributed by atoms with Gasteiger partial charge in [0.05, 0.1) is 0 Å². The third-order valence-corrected chi connectivity index (χ3v) is 5.46. The second-order valence-corrected chi connectivity index (χ2v) is 7.38. The summed E-state index contributed by atoms with van der Waals surface area (Å²) in [5, 5.41) is 0. The molecule has 1 unspecified atom stereocenters. The van der Waals surface area contributed by atoms with Gasteiger partial charge in [0, 0.05) is 32.4 Å². The number of aryl methyl sites for hydroxylation is 1. The minimum absolute atomic E-state index is 0.0218. The molecule has 0 spiro atoms. The quantitative estimate of drug-likeness (QED) is 0.853. The smallest absolute Gasteiger partial charge is 0.244 e. The Morgan fingerprint density at radius 1 is 1.22 bits per heavy atom. The van der Waals surface area contributed by atoms with Crippen LogP contribution in [-0.2, 0) is 4.79 Å². The molecule has 27 heavy (non-hydrogen) atoms. The third-order valence-electron chi connectivity index (χ3n) is 5.46. The Labute approximate surface area is 162 Å². The molecule has 5 nitrogen and oxygen atoms in total. The zero-order chi connectivity index (χ0) is 19.2. The summed E-state index contributed by atoms with van der Waals surface area (Å²) in [5.41, 5.74) is 8.32. The molecule has 3 rings (SSSR count). The van der Waals surface area contributed by atoms with Crippen molar-refractivity contribution in [3.63, 3.8) is 0 Å². The summed E-state index contributed by atoms with van der Waals surface area (Å²) in [5.74, 6) is 1.58. The van der Waals surface area contributed by atoms with Gasteiger partial charge in [-0.05, 0) is 50.3 Å². The Balaban J connectivity index is 1.55. The molecule has 144 valence electrons. The van der Waals surface area contributed by atoms with Crippen molar-refractivity contribution >= 4 is 11.7 Å². The van der Waals surface area contributed by atoms with Gasteiger partial charge in [-0.15, -0.1) is 0 Å². The Hall–Kier alpha value is -2.40. The molecule has 1 amide bonds. The van der Waals surface area contributed by atoms with E-state index in [1.165, 1.54) is 5.56 Å². The summed E-state index contributed by atoms with van der Waals surface area (Å²) in [6, 6.07) is 13.4. The number of nitrogens with two attached hydrogens (primary N) is 1. The maximum Gasteiger partial charge on any atom is 0.244 e. The molecule has 5 heteroatoms. The Morgan fingerprint density at radius 3 is 2.52 bits per heavy atom. The van der Waals surface area contributed by atoms with Gasteiger partial charge in [0.1, 0.15) is 11.9 Å². The van der Waals surface area contributed by atoms with Crippen molar-refractivity contribution in [2.45, 2.75) is 32.7 Å². The van der Waals surface area contributed by atoms with Crippen molar-refractivity contribution in [1.82, 2.24) is 9.88 Å². The zero-order valence-electron chi connectivity index (χ0n) is 16.3. The van der Waals surface area contributed by atoms with E-state index in [2.05, 4.69) is 16.0 Å². The minimum Gasteiger partial charge on any atom is -0.357 e. The van der Waals surface area contributed by atoms with Crippen LogP contribution < -0.4 is 10.6 Å². The first-order valence-corrected chi connectivity index (χ1v) is 9.85. The molecule has 1 aromatic heterocycles. The van der Waals surface area contributed by atoms with Crippen LogP contribution in [0.2, 0.25) is 0 Å². The van der Waals surface area contributed by atoms with Crippen LogP contribution in [-0.4, -0.2) is 42.0 Å². The summed E-state index contributed by atoms with van der Waals surface area (Å²) >= 11 is 0. The van der Waals surface area contributed by atoms with E-state index in [9.17, 15) is 4.79 Å². The molecule has 1 aliphatic rings. The average molecular weight is 367 g/mol. The predicted octanol–water partition coefficient (Wildman–Crippen LogP) is 3.15. The van der Waals surface area contributed by atoms with Crippen molar-refractivity contribution in [3.8, 4) is 0 Å². The van der Waals surface area contributed by atoms with Crippen LogP contribution in [0.1, 0.15) is 36.9 Å². The second kappa shape index (κ2) is 9.00. The van der Waals surface area contributed by atoms with E-state index >= 15 is 0 Å². The van der Waals surface area contributed by atoms with Crippen molar-refractivity contribution in [2.75, 3.05) is 31.1 Å². The molecule has 2 heterocycles. The number of amides is 1. The van der Waals surface area contributed by atoms with Gasteiger partial charge in [-0.2, -0.15) is 0 Å². The van der Waals surface area contributed by atoms with Crippen molar-refractivity contribution in [1.29, 1.82) is 0 Å². The Bertz CT molecular complexity index is 724. The van der Waals surface area contributed by atoms with Gasteiger partial charge < -0.3 is 15.5 Å². The van der Waals surface area contributed by atoms with Crippen molar-refractivity contribution in [3.05, 3.63) is 59.8 Å². The molecule has 2 aromatic rings. The molecule has 1 aromatic carbocycles. The summed E-state index contributed by atoms with van der Waals surface area (Å²) in [6.45, 7) is 7.51. The normalized spacial score (nSPS) is 16.2. The van der Waals surface area contributed by atoms with Crippen molar-refractivity contribution < 1.29 is 4.79 Å². The van der Waals surface area contributed by atoms with E-state index < -0.39 is 6.04 Å². The number of likely N-dealkylation sites (N-methyl/N-ethyl adjacent to an activating group) is 1. The summed E-state index contributed by atoms with van der Waals surface area (Å²) in [6.07, 6.45) is 3.98. The van der Waals surface area contributed by atoms with Crippen LogP contribution in [0.25, 0.3) is 0 Å². The third kappa shape index (κ3) is 4.86. The molecule has 0 saturated carbocycles. The molecule has 0 radical (unpaired) electrons. The summed E-state index contributed by atoms with van der Waals surface area (Å²) in [4.78, 5) is 21.6. The number of pyridine rings is 1. The molecule has 1 fully saturated rings. The molecule has 2 N–H and O–H groups in total. The van der Waals surface area contributed by atoms with Crippen LogP contribution in [0.3, 0.4) is 0 Å². The molecule has 0 bridgehead atoms. The number of piperidine rings is 1. The van der Waals surface area contributed by atoms with Crippen LogP contribution in [0, 0.1) is 12.8 Å². The Kier molecular flexibility index (Phi) is 6.45. The minimum atomic E-state index is -0.584. The topological polar surface area (TPSA) is 62.5 Å². The lowest BCUT2D eigenvalue weighted by molar-refractivity contribution is -0.133. The number of benzene rings is 1. The van der Waals surface area contributed by atoms with Crippen LogP contribution >= 0.6 is 0 Å². The number of rotatable bonds is 6. The Morgan fingerprint density at radius 2 is 1.93 bits per heavy atom. The molecule has 1 saturated heterocycles. The molecular weight excluding hydrogens is 336 g/mol. The first-order chi connectivity index (χ1) is 13.1. The molecule has 1 atom stereocenters. The average Bonchev–Trinajstić information content (AvgIpc) is 2.72. The lowest BCUT2D eigenvalue weighted by Gasteiger charge is -2.35. The predicted molar refractivity (Wildman–Crippen MR) is 110 cm³/mol. The van der Waals surface area contributed by atoms with Gasteiger partial charge in [0.15, 0.2) is 0 Å². The van der Waals surface area contributed by atoms with Gasteiger partial charge in [0.2, 0.25) is 5.91 Å². The zero-order valence-corrected chi connectivity index (χ0v) is 16.3. The number of nitrogens with zero attached hydrogens (tertiary/aromatic N) is 3. The van der Waals surface area contributed by atoms with Crippen molar-refractivity contribution in [2.24, 2.45) is 11.7 Å². The van der Waals surface area contributed by atoms with Gasteiger partial charge in [-0.3, -0.25) is 4.79 Å². The van der Waals surface area contributed by atoms with E-state index in [0.29, 0.717) is 12.5 Å². The standard InChI is InChI=1S/C22H30N4O/c1-3-25(22(27)21(23)19-9-7-17(2)8-10-19)16-18-11-14-26(15-12-18)20-6-4-5-13-24-20/h4-10,13,18,21H,3,11-12,14-16,23H2,1-2H3. The maximum atomic E-state index is 12.9. The van der Waals surface area contributed by atoms with E-state index in [1.807, 2.05) is 61.3 Å². The molecular formula is C22H30N4O. The second-order valence-electron chi connectivity index (χ2n) is 7.38. The fourth-order valence-corrected chi connectivity index (χ4v) is 3.69. The van der Waals surface area contributed by atoms with E-state index in [0.717, 1.165) is 43.9 Å². The van der Waals surface area contributed by atoms with Gasteiger partial charge in [-0.1, -0.05) is 35.9 Å². The molecule has 1 aliphatic heterocycles. The van der Waals surface area contributed by atoms with Gasteiger partial charge in [0.25, 0.3) is 0 Å². The van der Waals surface area contributed by atoms with Gasteiger partial charge >= 0.3 is 0 Å². The van der Waals surface area contributed by atoms with Crippen LogP contribution in [0.4, 0.5) is 5.82 Å². The first kappa shape index (κ1) is 19.4. The highest BCUT2D eigenvalue weighted by Gasteiger charge is 2.26.